The maximum atomic E-state index is 8.20. The molecule has 1 aromatic heterocycles. The lowest BCUT2D eigenvalue weighted by atomic mass is 9.79. The standard InChI is InChI=1S/C27H34N4O.C5H12O.2CH2O/c1-27(16-22-15-21(5-6-25(22)32-27)20-7-11-30(2)12-8-20)24-9-13-31(14-10-24)26-28-17-23(18-29-26)19-3-4-19;1-2-3-4-5-6;2*1-2/h5-7,15,17-19,24H,3-4,8-14,16H2,1-2H3;6H,2-5H2,1H3;2*1H2. The molecule has 0 bridgehead atoms. The van der Waals surface area contributed by atoms with Crippen molar-refractivity contribution in [2.24, 2.45) is 5.92 Å². The molecule has 0 radical (unpaired) electrons. The van der Waals surface area contributed by atoms with E-state index in [0.717, 1.165) is 76.4 Å². The van der Waals surface area contributed by atoms with Crippen LogP contribution in [-0.4, -0.2) is 79.0 Å². The Bertz CT molecular complexity index is 1120. The fourth-order valence-corrected chi connectivity index (χ4v) is 6.12. The number of aliphatic hydroxyl groups is 1. The Hall–Kier alpha value is -3.10. The van der Waals surface area contributed by atoms with Gasteiger partial charge >= 0.3 is 0 Å². The summed E-state index contributed by atoms with van der Waals surface area (Å²) in [6, 6.07) is 6.86. The molecule has 1 atom stereocenters. The number of fused-ring (bicyclic) bond motifs is 1. The molecule has 1 saturated heterocycles. The lowest BCUT2D eigenvalue weighted by molar-refractivity contribution is -0.0987. The molecule has 230 valence electrons. The van der Waals surface area contributed by atoms with Gasteiger partial charge < -0.3 is 29.2 Å². The van der Waals surface area contributed by atoms with Gasteiger partial charge in [0.25, 0.3) is 0 Å². The second-order valence-corrected chi connectivity index (χ2v) is 11.9. The summed E-state index contributed by atoms with van der Waals surface area (Å²) in [5, 5.41) is 8.20. The second-order valence-electron chi connectivity index (χ2n) is 11.9. The van der Waals surface area contributed by atoms with Crippen molar-refractivity contribution < 1.29 is 19.4 Å². The second kappa shape index (κ2) is 16.5. The molecule has 0 amide bonds. The summed E-state index contributed by atoms with van der Waals surface area (Å²) in [6.07, 6.45) is 16.8. The van der Waals surface area contributed by atoms with E-state index in [0.29, 0.717) is 18.4 Å². The molecule has 1 unspecified atom stereocenters. The minimum Gasteiger partial charge on any atom is -0.487 e. The highest BCUT2D eigenvalue weighted by Gasteiger charge is 2.43. The molecule has 1 N–H and O–H groups in total. The summed E-state index contributed by atoms with van der Waals surface area (Å²) in [7, 11) is 2.19. The van der Waals surface area contributed by atoms with Crippen molar-refractivity contribution in [3.8, 4) is 5.75 Å². The Morgan fingerprint density at radius 3 is 2.26 bits per heavy atom. The van der Waals surface area contributed by atoms with Gasteiger partial charge in [-0.25, -0.2) is 9.97 Å². The van der Waals surface area contributed by atoms with Gasteiger partial charge in [-0.15, -0.1) is 0 Å². The SMILES string of the molecule is C=O.C=O.CCCCCO.CN1CC=C(c2ccc3c(c2)CC(C)(C2CCN(c4ncc(C5CC5)cn4)CC2)O3)CC1. The Balaban J connectivity index is 0.000000428. The minimum atomic E-state index is -0.106. The predicted molar refractivity (Wildman–Crippen MR) is 169 cm³/mol. The highest BCUT2D eigenvalue weighted by Crippen LogP contribution is 2.44. The molecule has 1 aromatic carbocycles. The number of carbonyl (C=O) groups is 2. The third-order valence-corrected chi connectivity index (χ3v) is 8.84. The molecule has 42 heavy (non-hydrogen) atoms. The van der Waals surface area contributed by atoms with Crippen molar-refractivity contribution in [3.05, 3.63) is 53.4 Å². The average Bonchev–Trinajstić information content (AvgIpc) is 3.84. The van der Waals surface area contributed by atoms with Crippen LogP contribution in [0.15, 0.2) is 36.7 Å². The number of rotatable bonds is 7. The largest absolute Gasteiger partial charge is 0.487 e. The number of aromatic nitrogens is 2. The molecular weight excluding hydrogens is 528 g/mol. The smallest absolute Gasteiger partial charge is 0.225 e. The highest BCUT2D eigenvalue weighted by atomic mass is 16.5. The van der Waals surface area contributed by atoms with Gasteiger partial charge in [0.05, 0.1) is 0 Å². The molecule has 4 heterocycles. The molecule has 1 aliphatic carbocycles. The molecule has 2 fully saturated rings. The third-order valence-electron chi connectivity index (χ3n) is 8.84. The summed E-state index contributed by atoms with van der Waals surface area (Å²) in [6.45, 7) is 13.0. The van der Waals surface area contributed by atoms with E-state index in [9.17, 15) is 0 Å². The molecule has 8 nitrogen and oxygen atoms in total. The number of likely N-dealkylation sites (N-methyl/N-ethyl adjacent to an activating group) is 1. The van der Waals surface area contributed by atoms with Crippen LogP contribution < -0.4 is 9.64 Å². The molecule has 3 aliphatic heterocycles. The van der Waals surface area contributed by atoms with Crippen LogP contribution in [0.3, 0.4) is 0 Å². The van der Waals surface area contributed by atoms with E-state index >= 15 is 0 Å². The number of nitrogens with zero attached hydrogens (tertiary/aromatic N) is 4. The number of ether oxygens (including phenoxy) is 1. The lowest BCUT2D eigenvalue weighted by Gasteiger charge is -2.40. The van der Waals surface area contributed by atoms with E-state index in [1.807, 2.05) is 26.0 Å². The van der Waals surface area contributed by atoms with Crippen molar-refractivity contribution in [3.63, 3.8) is 0 Å². The van der Waals surface area contributed by atoms with E-state index < -0.39 is 0 Å². The Labute approximate surface area is 252 Å². The number of aliphatic hydroxyl groups excluding tert-OH is 1. The monoisotopic (exact) mass is 578 g/mol. The molecule has 2 aromatic rings. The van der Waals surface area contributed by atoms with Gasteiger partial charge in [0.2, 0.25) is 5.95 Å². The Kier molecular flexibility index (Phi) is 13.1. The normalized spacial score (nSPS) is 21.7. The summed E-state index contributed by atoms with van der Waals surface area (Å²) >= 11 is 0. The first-order valence-electron chi connectivity index (χ1n) is 15.4. The first kappa shape index (κ1) is 33.4. The van der Waals surface area contributed by atoms with Crippen molar-refractivity contribution in [2.45, 2.75) is 83.2 Å². The fraction of sp³-hybridized carbons (Fsp3) is 0.588. The van der Waals surface area contributed by atoms with Crippen molar-refractivity contribution in [2.75, 3.05) is 44.7 Å². The number of hydrogen-bond acceptors (Lipinski definition) is 8. The topological polar surface area (TPSA) is 95.9 Å². The van der Waals surface area contributed by atoms with Crippen LogP contribution in [0.25, 0.3) is 5.57 Å². The molecule has 6 rings (SSSR count). The number of hydrogen-bond donors (Lipinski definition) is 1. The van der Waals surface area contributed by atoms with E-state index in [1.165, 1.54) is 41.5 Å². The van der Waals surface area contributed by atoms with Gasteiger partial charge in [0.15, 0.2) is 0 Å². The van der Waals surface area contributed by atoms with E-state index in [1.54, 1.807) is 0 Å². The quantitative estimate of drug-likeness (QED) is 0.432. The van der Waals surface area contributed by atoms with Crippen LogP contribution in [0.5, 0.6) is 5.75 Å². The van der Waals surface area contributed by atoms with Gasteiger partial charge in [-0.2, -0.15) is 0 Å². The van der Waals surface area contributed by atoms with Gasteiger partial charge in [0.1, 0.15) is 24.9 Å². The number of piperidine rings is 1. The number of carbonyl (C=O) groups excluding carboxylic acids is 2. The zero-order valence-corrected chi connectivity index (χ0v) is 25.9. The van der Waals surface area contributed by atoms with Crippen molar-refractivity contribution >= 4 is 25.1 Å². The molecule has 4 aliphatic rings. The summed E-state index contributed by atoms with van der Waals surface area (Å²) in [4.78, 5) is 30.1. The Morgan fingerprint density at radius 2 is 1.71 bits per heavy atom. The number of benzene rings is 1. The molecule has 1 saturated carbocycles. The fourth-order valence-electron chi connectivity index (χ4n) is 6.12. The predicted octanol–water partition coefficient (Wildman–Crippen LogP) is 5.48. The summed E-state index contributed by atoms with van der Waals surface area (Å²) in [5.41, 5.74) is 5.45. The molecule has 8 heteroatoms. The van der Waals surface area contributed by atoms with Crippen LogP contribution >= 0.6 is 0 Å². The maximum Gasteiger partial charge on any atom is 0.225 e. The van der Waals surface area contributed by atoms with Crippen LogP contribution in [0.2, 0.25) is 0 Å². The van der Waals surface area contributed by atoms with Crippen LogP contribution in [0, 0.1) is 5.92 Å². The first-order valence-corrected chi connectivity index (χ1v) is 15.4. The highest BCUT2D eigenvalue weighted by molar-refractivity contribution is 5.68. The van der Waals surface area contributed by atoms with Crippen molar-refractivity contribution in [1.29, 1.82) is 0 Å². The van der Waals surface area contributed by atoms with Crippen LogP contribution in [-0.2, 0) is 16.0 Å². The van der Waals surface area contributed by atoms with Gasteiger partial charge in [0, 0.05) is 57.5 Å². The van der Waals surface area contributed by atoms with Gasteiger partial charge in [-0.3, -0.25) is 0 Å². The number of anilines is 1. The van der Waals surface area contributed by atoms with Crippen LogP contribution in [0.4, 0.5) is 5.95 Å². The van der Waals surface area contributed by atoms with E-state index in [2.05, 4.69) is 64.9 Å². The third kappa shape index (κ3) is 8.71. The lowest BCUT2D eigenvalue weighted by Crippen LogP contribution is -2.46. The number of unbranched alkanes of at least 4 members (excludes halogenated alkanes) is 2. The summed E-state index contributed by atoms with van der Waals surface area (Å²) < 4.78 is 6.61. The minimum absolute atomic E-state index is 0.106. The maximum absolute atomic E-state index is 8.20. The van der Waals surface area contributed by atoms with E-state index in [4.69, 9.17) is 19.4 Å². The molecule has 0 spiro atoms. The van der Waals surface area contributed by atoms with E-state index in [-0.39, 0.29) is 5.60 Å². The Morgan fingerprint density at radius 1 is 1.02 bits per heavy atom. The van der Waals surface area contributed by atoms with Gasteiger partial charge in [-0.05, 0) is 92.8 Å². The first-order chi connectivity index (χ1) is 20.5. The zero-order valence-electron chi connectivity index (χ0n) is 25.9. The van der Waals surface area contributed by atoms with Crippen LogP contribution in [0.1, 0.15) is 87.8 Å². The molecular formula is C34H50N4O4. The van der Waals surface area contributed by atoms with Crippen molar-refractivity contribution in [1.82, 2.24) is 14.9 Å². The summed E-state index contributed by atoms with van der Waals surface area (Å²) in [5.74, 6) is 3.26. The average molecular weight is 579 g/mol. The zero-order chi connectivity index (χ0) is 30.5. The van der Waals surface area contributed by atoms with Gasteiger partial charge in [-0.1, -0.05) is 31.9 Å².